The summed E-state index contributed by atoms with van der Waals surface area (Å²) >= 11 is 1.44. The fourth-order valence-corrected chi connectivity index (χ4v) is 5.62. The van der Waals surface area contributed by atoms with E-state index in [2.05, 4.69) is 11.9 Å². The summed E-state index contributed by atoms with van der Waals surface area (Å²) in [5, 5.41) is -0.0251. The van der Waals surface area contributed by atoms with E-state index in [1.807, 2.05) is 36.4 Å². The molecule has 0 atom stereocenters. The molecule has 2 aromatic heterocycles. The average molecular weight is 480 g/mol. The second kappa shape index (κ2) is 9.41. The van der Waals surface area contributed by atoms with Crippen LogP contribution in [0.15, 0.2) is 71.8 Å². The highest BCUT2D eigenvalue weighted by Gasteiger charge is 2.25. The fraction of sp³-hybridized carbons (Fsp3) is 0.240. The van der Waals surface area contributed by atoms with E-state index in [1.165, 1.54) is 23.5 Å². The third-order valence-corrected chi connectivity index (χ3v) is 8.62. The van der Waals surface area contributed by atoms with Crippen LogP contribution in [-0.4, -0.2) is 29.5 Å². The Hall–Kier alpha value is -3.10. The van der Waals surface area contributed by atoms with Crippen LogP contribution in [0.3, 0.4) is 0 Å². The molecule has 33 heavy (non-hydrogen) atoms. The lowest BCUT2D eigenvalue weighted by molar-refractivity contribution is 0.0984. The number of fused-ring (bicyclic) bond motifs is 1. The van der Waals surface area contributed by atoms with Crippen LogP contribution in [0, 0.1) is 0 Å². The Morgan fingerprint density at radius 1 is 1.06 bits per heavy atom. The lowest BCUT2D eigenvalue weighted by Gasteiger charge is -2.20. The summed E-state index contributed by atoms with van der Waals surface area (Å²) in [6.07, 6.45) is 2.52. The number of hydrogen-bond acceptors (Lipinski definition) is 6. The number of aromatic nitrogens is 2. The molecule has 0 unspecified atom stereocenters. The standard InChI is InChI=1S/C25H25N3O3S2/c1-4-18-9-8-13-22-23(18)27-25(32-22)28(16-20-11-5-6-14-26-20)24(29)19-10-7-12-21(15-19)33(30,31)17(2)3/h5-15,17H,4,16H2,1-3H3. The molecule has 0 spiro atoms. The monoisotopic (exact) mass is 479 g/mol. The highest BCUT2D eigenvalue weighted by Crippen LogP contribution is 2.33. The van der Waals surface area contributed by atoms with E-state index < -0.39 is 15.1 Å². The number of sulfone groups is 1. The minimum absolute atomic E-state index is 0.138. The lowest BCUT2D eigenvalue weighted by atomic mass is 10.1. The first-order chi connectivity index (χ1) is 15.8. The number of aryl methyl sites for hydroxylation is 1. The van der Waals surface area contributed by atoms with Gasteiger partial charge < -0.3 is 0 Å². The van der Waals surface area contributed by atoms with E-state index in [0.717, 1.165) is 22.2 Å². The van der Waals surface area contributed by atoms with Crippen molar-refractivity contribution in [1.29, 1.82) is 0 Å². The van der Waals surface area contributed by atoms with Crippen LogP contribution in [0.25, 0.3) is 10.2 Å². The van der Waals surface area contributed by atoms with Gasteiger partial charge in [0.05, 0.1) is 32.6 Å². The van der Waals surface area contributed by atoms with Crippen molar-refractivity contribution >= 4 is 42.4 Å². The zero-order valence-electron chi connectivity index (χ0n) is 18.7. The van der Waals surface area contributed by atoms with Gasteiger partial charge in [-0.1, -0.05) is 42.5 Å². The predicted molar refractivity (Wildman–Crippen MR) is 133 cm³/mol. The van der Waals surface area contributed by atoms with E-state index in [-0.39, 0.29) is 17.3 Å². The summed E-state index contributed by atoms with van der Waals surface area (Å²) in [5.74, 6) is -0.321. The number of anilines is 1. The molecule has 0 saturated heterocycles. The van der Waals surface area contributed by atoms with Crippen LogP contribution < -0.4 is 4.90 Å². The van der Waals surface area contributed by atoms with Gasteiger partial charge in [-0.25, -0.2) is 13.4 Å². The van der Waals surface area contributed by atoms with Gasteiger partial charge >= 0.3 is 0 Å². The van der Waals surface area contributed by atoms with Gasteiger partial charge in [-0.15, -0.1) is 0 Å². The Morgan fingerprint density at radius 3 is 2.55 bits per heavy atom. The molecule has 8 heteroatoms. The minimum Gasteiger partial charge on any atom is -0.278 e. The molecule has 0 radical (unpaired) electrons. The van der Waals surface area contributed by atoms with Gasteiger partial charge in [-0.3, -0.25) is 14.7 Å². The number of nitrogens with zero attached hydrogens (tertiary/aromatic N) is 3. The van der Waals surface area contributed by atoms with Crippen molar-refractivity contribution in [2.75, 3.05) is 4.90 Å². The van der Waals surface area contributed by atoms with Crippen molar-refractivity contribution in [2.24, 2.45) is 0 Å². The summed E-state index contributed by atoms with van der Waals surface area (Å²) in [6, 6.07) is 17.8. The zero-order valence-corrected chi connectivity index (χ0v) is 20.4. The van der Waals surface area contributed by atoms with Crippen LogP contribution in [0.2, 0.25) is 0 Å². The van der Waals surface area contributed by atoms with Crippen molar-refractivity contribution < 1.29 is 13.2 Å². The molecule has 0 fully saturated rings. The maximum absolute atomic E-state index is 13.7. The van der Waals surface area contributed by atoms with Crippen LogP contribution >= 0.6 is 11.3 Å². The van der Waals surface area contributed by atoms with Crippen LogP contribution in [-0.2, 0) is 22.8 Å². The molecule has 1 amide bonds. The summed E-state index contributed by atoms with van der Waals surface area (Å²) in [6.45, 7) is 5.56. The van der Waals surface area contributed by atoms with Gasteiger partial charge in [0.2, 0.25) is 0 Å². The van der Waals surface area contributed by atoms with Crippen molar-refractivity contribution in [3.8, 4) is 0 Å². The molecule has 0 saturated carbocycles. The zero-order chi connectivity index (χ0) is 23.6. The van der Waals surface area contributed by atoms with Gasteiger partial charge in [0.1, 0.15) is 0 Å². The van der Waals surface area contributed by atoms with Crippen molar-refractivity contribution in [1.82, 2.24) is 9.97 Å². The Bertz CT molecular complexity index is 1400. The molecule has 2 aromatic carbocycles. The smallest absolute Gasteiger partial charge is 0.260 e. The molecule has 2 heterocycles. The molecule has 6 nitrogen and oxygen atoms in total. The number of para-hydroxylation sites is 1. The van der Waals surface area contributed by atoms with Gasteiger partial charge in [0.15, 0.2) is 15.0 Å². The van der Waals surface area contributed by atoms with E-state index in [0.29, 0.717) is 16.4 Å². The SMILES string of the molecule is CCc1cccc2sc(N(Cc3ccccn3)C(=O)c3cccc(S(=O)(=O)C(C)C)c3)nc12. The molecule has 170 valence electrons. The topological polar surface area (TPSA) is 80.2 Å². The molecule has 0 aliphatic heterocycles. The quantitative estimate of drug-likeness (QED) is 0.360. The second-order valence-corrected chi connectivity index (χ2v) is 11.5. The molecule has 0 aliphatic carbocycles. The maximum Gasteiger partial charge on any atom is 0.260 e. The Kier molecular flexibility index (Phi) is 6.58. The minimum atomic E-state index is -3.51. The number of carbonyl (C=O) groups is 1. The summed E-state index contributed by atoms with van der Waals surface area (Å²) in [4.78, 5) is 24.6. The van der Waals surface area contributed by atoms with Crippen LogP contribution in [0.1, 0.15) is 42.4 Å². The van der Waals surface area contributed by atoms with Crippen LogP contribution in [0.5, 0.6) is 0 Å². The predicted octanol–water partition coefficient (Wildman–Crippen LogP) is 5.28. The first-order valence-electron chi connectivity index (χ1n) is 10.8. The van der Waals surface area contributed by atoms with Gasteiger partial charge in [0, 0.05) is 11.8 Å². The number of amides is 1. The van der Waals surface area contributed by atoms with E-state index in [9.17, 15) is 13.2 Å². The average Bonchev–Trinajstić information content (AvgIpc) is 3.27. The second-order valence-electron chi connectivity index (χ2n) is 7.95. The van der Waals surface area contributed by atoms with Crippen molar-refractivity contribution in [3.63, 3.8) is 0 Å². The molecular weight excluding hydrogens is 454 g/mol. The van der Waals surface area contributed by atoms with E-state index >= 15 is 0 Å². The summed E-state index contributed by atoms with van der Waals surface area (Å²) < 4.78 is 26.4. The molecular formula is C25H25N3O3S2. The Labute approximate surface area is 197 Å². The fourth-order valence-electron chi connectivity index (χ4n) is 3.51. The largest absolute Gasteiger partial charge is 0.278 e. The number of pyridine rings is 1. The number of carbonyl (C=O) groups excluding carboxylic acids is 1. The van der Waals surface area contributed by atoms with Gasteiger partial charge in [-0.2, -0.15) is 0 Å². The number of benzene rings is 2. The third kappa shape index (κ3) is 4.67. The molecule has 4 rings (SSSR count). The first kappa shape index (κ1) is 23.1. The maximum atomic E-state index is 13.7. The first-order valence-corrected chi connectivity index (χ1v) is 13.1. The van der Waals surface area contributed by atoms with Crippen LogP contribution in [0.4, 0.5) is 5.13 Å². The van der Waals surface area contributed by atoms with Crippen molar-refractivity contribution in [3.05, 3.63) is 83.7 Å². The van der Waals surface area contributed by atoms with Gasteiger partial charge in [0.25, 0.3) is 5.91 Å². The highest BCUT2D eigenvalue weighted by atomic mass is 32.2. The molecule has 0 N–H and O–H groups in total. The Balaban J connectivity index is 1.80. The normalized spacial score (nSPS) is 11.8. The lowest BCUT2D eigenvalue weighted by Crippen LogP contribution is -2.31. The molecule has 0 bridgehead atoms. The summed E-state index contributed by atoms with van der Waals surface area (Å²) in [5.41, 5.74) is 3.01. The van der Waals surface area contributed by atoms with E-state index in [4.69, 9.17) is 4.98 Å². The van der Waals surface area contributed by atoms with Crippen molar-refractivity contribution in [2.45, 2.75) is 43.9 Å². The Morgan fingerprint density at radius 2 is 1.85 bits per heavy atom. The number of thiazole rings is 1. The summed E-state index contributed by atoms with van der Waals surface area (Å²) in [7, 11) is -3.51. The molecule has 4 aromatic rings. The third-order valence-electron chi connectivity index (χ3n) is 5.42. The van der Waals surface area contributed by atoms with Gasteiger partial charge in [-0.05, 0) is 62.2 Å². The highest BCUT2D eigenvalue weighted by molar-refractivity contribution is 7.92. The number of rotatable bonds is 7. The molecule has 0 aliphatic rings. The van der Waals surface area contributed by atoms with E-state index in [1.54, 1.807) is 37.1 Å². The number of hydrogen-bond donors (Lipinski definition) is 0.